The molecule has 0 bridgehead atoms. The van der Waals surface area contributed by atoms with Gasteiger partial charge in [-0.1, -0.05) is 36.4 Å². The molecule has 0 spiro atoms. The minimum absolute atomic E-state index is 0.101. The number of anilines is 1. The van der Waals surface area contributed by atoms with Gasteiger partial charge in [-0.25, -0.2) is 4.98 Å². The van der Waals surface area contributed by atoms with Crippen molar-refractivity contribution in [3.63, 3.8) is 0 Å². The first-order valence-electron chi connectivity index (χ1n) is 10.4. The number of fused-ring (bicyclic) bond motifs is 2. The number of hydrogen-bond donors (Lipinski definition) is 1. The highest BCUT2D eigenvalue weighted by atomic mass is 16.3. The predicted octanol–water partition coefficient (Wildman–Crippen LogP) is 5.40. The largest absolute Gasteiger partial charge is 0.436 e. The molecule has 0 radical (unpaired) electrons. The van der Waals surface area contributed by atoms with E-state index in [1.807, 2.05) is 78.9 Å². The molecule has 32 heavy (non-hydrogen) atoms. The molecule has 1 aromatic heterocycles. The van der Waals surface area contributed by atoms with Crippen LogP contribution < -0.4 is 5.32 Å². The van der Waals surface area contributed by atoms with Crippen LogP contribution in [0.1, 0.15) is 30.5 Å². The summed E-state index contributed by atoms with van der Waals surface area (Å²) in [6.45, 7) is 1.51. The standard InChI is InChI=1S/C26H21N3O3/c1-17(30)29-15-14-18-6-2-3-7-21(18)23(29)16-25(31)27-20-12-10-19(11-13-20)26-28-22-8-4-5-9-24(22)32-26/h2-15,23H,16H2,1H3,(H,27,31). The maximum Gasteiger partial charge on any atom is 0.227 e. The van der Waals surface area contributed by atoms with Crippen molar-refractivity contribution in [3.8, 4) is 11.5 Å². The Bertz CT molecular complexity index is 1300. The van der Waals surface area contributed by atoms with Crippen LogP contribution in [0, 0.1) is 0 Å². The SMILES string of the molecule is CC(=O)N1C=Cc2ccccc2C1CC(=O)Nc1ccc(-c2nc3ccccc3o2)cc1. The van der Waals surface area contributed by atoms with E-state index in [1.165, 1.54) is 6.92 Å². The Kier molecular flexibility index (Phi) is 5.03. The summed E-state index contributed by atoms with van der Waals surface area (Å²) in [5.41, 5.74) is 5.02. The van der Waals surface area contributed by atoms with E-state index in [-0.39, 0.29) is 24.3 Å². The highest BCUT2D eigenvalue weighted by molar-refractivity contribution is 5.92. The molecule has 1 atom stereocenters. The van der Waals surface area contributed by atoms with E-state index < -0.39 is 0 Å². The van der Waals surface area contributed by atoms with Crippen LogP contribution in [0.5, 0.6) is 0 Å². The Morgan fingerprint density at radius 3 is 2.53 bits per heavy atom. The average Bonchev–Trinajstić information content (AvgIpc) is 3.24. The van der Waals surface area contributed by atoms with Crippen molar-refractivity contribution < 1.29 is 14.0 Å². The summed E-state index contributed by atoms with van der Waals surface area (Å²) in [6, 6.07) is 22.4. The van der Waals surface area contributed by atoms with Gasteiger partial charge in [0.25, 0.3) is 0 Å². The zero-order valence-electron chi connectivity index (χ0n) is 17.5. The molecule has 0 aliphatic carbocycles. The third kappa shape index (κ3) is 3.78. The second kappa shape index (κ2) is 8.15. The lowest BCUT2D eigenvalue weighted by Crippen LogP contribution is -2.33. The van der Waals surface area contributed by atoms with Crippen LogP contribution in [0.4, 0.5) is 5.69 Å². The first-order valence-corrected chi connectivity index (χ1v) is 10.4. The molecule has 2 heterocycles. The van der Waals surface area contributed by atoms with Crippen LogP contribution in [0.3, 0.4) is 0 Å². The van der Waals surface area contributed by atoms with E-state index in [0.717, 1.165) is 27.8 Å². The summed E-state index contributed by atoms with van der Waals surface area (Å²) in [5.74, 6) is 0.268. The fourth-order valence-corrected chi connectivity index (χ4v) is 3.99. The fourth-order valence-electron chi connectivity index (χ4n) is 3.99. The topological polar surface area (TPSA) is 75.4 Å². The lowest BCUT2D eigenvalue weighted by molar-refractivity contribution is -0.129. The molecule has 1 aliphatic heterocycles. The summed E-state index contributed by atoms with van der Waals surface area (Å²) in [6.07, 6.45) is 3.81. The Balaban J connectivity index is 1.31. The van der Waals surface area contributed by atoms with Crippen molar-refractivity contribution in [1.82, 2.24) is 9.88 Å². The first-order chi connectivity index (χ1) is 15.6. The first kappa shape index (κ1) is 19.8. The summed E-state index contributed by atoms with van der Waals surface area (Å²) < 4.78 is 5.80. The third-order valence-corrected chi connectivity index (χ3v) is 5.56. The molecule has 1 N–H and O–H groups in total. The molecule has 0 fully saturated rings. The van der Waals surface area contributed by atoms with Crippen LogP contribution in [-0.4, -0.2) is 21.7 Å². The van der Waals surface area contributed by atoms with E-state index in [2.05, 4.69) is 10.3 Å². The number of benzene rings is 3. The van der Waals surface area contributed by atoms with Crippen LogP contribution in [0.2, 0.25) is 0 Å². The Hall–Kier alpha value is -4.19. The Labute approximate surface area is 185 Å². The smallest absolute Gasteiger partial charge is 0.227 e. The van der Waals surface area contributed by atoms with Crippen LogP contribution in [0.25, 0.3) is 28.6 Å². The lowest BCUT2D eigenvalue weighted by Gasteiger charge is -2.32. The maximum atomic E-state index is 12.8. The van der Waals surface area contributed by atoms with Gasteiger partial charge in [-0.3, -0.25) is 9.59 Å². The predicted molar refractivity (Wildman–Crippen MR) is 123 cm³/mol. The summed E-state index contributed by atoms with van der Waals surface area (Å²) in [4.78, 5) is 31.1. The highest BCUT2D eigenvalue weighted by Gasteiger charge is 2.28. The number of rotatable bonds is 4. The monoisotopic (exact) mass is 423 g/mol. The molecule has 1 aliphatic rings. The molecule has 1 unspecified atom stereocenters. The number of amides is 2. The highest BCUT2D eigenvalue weighted by Crippen LogP contribution is 2.33. The molecule has 158 valence electrons. The number of aromatic nitrogens is 1. The number of carbonyl (C=O) groups excluding carboxylic acids is 2. The molecule has 0 saturated carbocycles. The van der Waals surface area contributed by atoms with Gasteiger partial charge in [0.1, 0.15) is 5.52 Å². The minimum Gasteiger partial charge on any atom is -0.436 e. The Morgan fingerprint density at radius 1 is 1.00 bits per heavy atom. The molecule has 6 nitrogen and oxygen atoms in total. The van der Waals surface area contributed by atoms with Crippen molar-refractivity contribution in [2.45, 2.75) is 19.4 Å². The number of para-hydroxylation sites is 2. The Morgan fingerprint density at radius 2 is 1.75 bits per heavy atom. The number of oxazole rings is 1. The zero-order chi connectivity index (χ0) is 22.1. The summed E-state index contributed by atoms with van der Waals surface area (Å²) >= 11 is 0. The zero-order valence-corrected chi connectivity index (χ0v) is 17.5. The van der Waals surface area contributed by atoms with Crippen molar-refractivity contribution in [3.05, 3.63) is 90.1 Å². The van der Waals surface area contributed by atoms with E-state index in [4.69, 9.17) is 4.42 Å². The number of carbonyl (C=O) groups is 2. The average molecular weight is 423 g/mol. The van der Waals surface area contributed by atoms with Gasteiger partial charge >= 0.3 is 0 Å². The lowest BCUT2D eigenvalue weighted by atomic mass is 9.93. The van der Waals surface area contributed by atoms with Gasteiger partial charge in [-0.2, -0.15) is 0 Å². The van der Waals surface area contributed by atoms with Gasteiger partial charge in [0.15, 0.2) is 5.58 Å². The van der Waals surface area contributed by atoms with E-state index in [0.29, 0.717) is 11.6 Å². The molecule has 0 saturated heterocycles. The van der Waals surface area contributed by atoms with Crippen LogP contribution >= 0.6 is 0 Å². The van der Waals surface area contributed by atoms with Gasteiger partial charge in [-0.15, -0.1) is 0 Å². The molecular formula is C26H21N3O3. The van der Waals surface area contributed by atoms with Gasteiger partial charge in [0.05, 0.1) is 12.5 Å². The maximum absolute atomic E-state index is 12.8. The quantitative estimate of drug-likeness (QED) is 0.477. The number of hydrogen-bond acceptors (Lipinski definition) is 4. The van der Waals surface area contributed by atoms with E-state index in [1.54, 1.807) is 11.1 Å². The van der Waals surface area contributed by atoms with Crippen LogP contribution in [0.15, 0.2) is 83.4 Å². The molecule has 5 rings (SSSR count). The summed E-state index contributed by atoms with van der Waals surface area (Å²) in [7, 11) is 0. The number of nitrogens with one attached hydrogen (secondary N) is 1. The van der Waals surface area contributed by atoms with Gasteiger partial charge in [0.2, 0.25) is 17.7 Å². The molecule has 3 aromatic carbocycles. The third-order valence-electron chi connectivity index (χ3n) is 5.56. The van der Waals surface area contributed by atoms with Crippen molar-refractivity contribution >= 4 is 34.7 Å². The fraction of sp³-hybridized carbons (Fsp3) is 0.115. The normalized spacial score (nSPS) is 14.9. The van der Waals surface area contributed by atoms with Gasteiger partial charge in [0, 0.05) is 24.4 Å². The summed E-state index contributed by atoms with van der Waals surface area (Å²) in [5, 5.41) is 2.93. The number of nitrogens with zero attached hydrogens (tertiary/aromatic N) is 2. The molecule has 6 heteroatoms. The second-order valence-electron chi connectivity index (χ2n) is 7.70. The van der Waals surface area contributed by atoms with E-state index in [9.17, 15) is 9.59 Å². The van der Waals surface area contributed by atoms with Gasteiger partial charge in [-0.05, 0) is 53.6 Å². The molecule has 4 aromatic rings. The minimum atomic E-state index is -0.340. The van der Waals surface area contributed by atoms with Crippen molar-refractivity contribution in [2.24, 2.45) is 0 Å². The second-order valence-corrected chi connectivity index (χ2v) is 7.70. The van der Waals surface area contributed by atoms with E-state index >= 15 is 0 Å². The molecular weight excluding hydrogens is 402 g/mol. The molecule has 2 amide bonds. The van der Waals surface area contributed by atoms with Crippen molar-refractivity contribution in [1.29, 1.82) is 0 Å². The van der Waals surface area contributed by atoms with Crippen LogP contribution in [-0.2, 0) is 9.59 Å². The van der Waals surface area contributed by atoms with Crippen molar-refractivity contribution in [2.75, 3.05) is 5.32 Å². The van der Waals surface area contributed by atoms with Gasteiger partial charge < -0.3 is 14.6 Å².